The minimum atomic E-state index is -3.20. The van der Waals surface area contributed by atoms with E-state index in [-0.39, 0.29) is 23.1 Å². The summed E-state index contributed by atoms with van der Waals surface area (Å²) in [5, 5.41) is 0. The van der Waals surface area contributed by atoms with Gasteiger partial charge >= 0.3 is 0 Å². The van der Waals surface area contributed by atoms with Crippen LogP contribution in [0, 0.1) is 5.92 Å². The number of piperidine rings is 1. The first-order valence-electron chi connectivity index (χ1n) is 8.75. The van der Waals surface area contributed by atoms with E-state index in [1.165, 1.54) is 0 Å². The molecule has 0 saturated carbocycles. The van der Waals surface area contributed by atoms with E-state index in [0.717, 1.165) is 12.1 Å². The summed E-state index contributed by atoms with van der Waals surface area (Å²) >= 11 is 0. The SMILES string of the molecule is CCCS(=O)(=O)N1C[C@@H]2C[C@H](C1)c1ccc(-c3ccco3)c(=O)n1C2. The van der Waals surface area contributed by atoms with Crippen molar-refractivity contribution >= 4 is 10.0 Å². The van der Waals surface area contributed by atoms with Gasteiger partial charge < -0.3 is 8.98 Å². The maximum Gasteiger partial charge on any atom is 0.261 e. The van der Waals surface area contributed by atoms with Crippen molar-refractivity contribution in [3.8, 4) is 11.3 Å². The van der Waals surface area contributed by atoms with Crippen molar-refractivity contribution in [2.24, 2.45) is 5.92 Å². The van der Waals surface area contributed by atoms with Gasteiger partial charge in [0, 0.05) is 31.2 Å². The lowest BCUT2D eigenvalue weighted by atomic mass is 9.84. The number of fused-ring (bicyclic) bond motifs is 4. The van der Waals surface area contributed by atoms with Crippen molar-refractivity contribution < 1.29 is 12.8 Å². The Balaban J connectivity index is 1.70. The van der Waals surface area contributed by atoms with Gasteiger partial charge in [0.25, 0.3) is 5.56 Å². The van der Waals surface area contributed by atoms with Crippen molar-refractivity contribution in [2.45, 2.75) is 32.2 Å². The average Bonchev–Trinajstić information content (AvgIpc) is 3.10. The van der Waals surface area contributed by atoms with Gasteiger partial charge in [-0.25, -0.2) is 12.7 Å². The molecule has 0 aliphatic carbocycles. The Hall–Kier alpha value is -1.86. The van der Waals surface area contributed by atoms with Gasteiger partial charge in [-0.1, -0.05) is 6.92 Å². The standard InChI is InChI=1S/C18H22N2O4S/c1-2-8-25(22,23)19-10-13-9-14(12-19)16-6-5-15(17-4-3-7-24-17)18(21)20(16)11-13/h3-7,13-14H,2,8-12H2,1H3/t13-,14+/m0/s1. The third-order valence-corrected chi connectivity index (χ3v) is 7.22. The fourth-order valence-corrected chi connectivity index (χ4v) is 5.75. The summed E-state index contributed by atoms with van der Waals surface area (Å²) in [6.07, 6.45) is 3.12. The molecule has 0 aromatic carbocycles. The third kappa shape index (κ3) is 2.85. The first kappa shape index (κ1) is 16.6. The molecule has 4 rings (SSSR count). The summed E-state index contributed by atoms with van der Waals surface area (Å²) in [4.78, 5) is 12.9. The Morgan fingerprint density at radius 3 is 2.76 bits per heavy atom. The lowest BCUT2D eigenvalue weighted by Crippen LogP contribution is -2.49. The zero-order valence-corrected chi connectivity index (χ0v) is 15.0. The number of nitrogens with zero attached hydrogens (tertiary/aromatic N) is 2. The largest absolute Gasteiger partial charge is 0.464 e. The molecule has 4 heterocycles. The predicted molar refractivity (Wildman–Crippen MR) is 94.9 cm³/mol. The van der Waals surface area contributed by atoms with Crippen LogP contribution in [0.2, 0.25) is 0 Å². The first-order valence-corrected chi connectivity index (χ1v) is 10.4. The molecule has 6 nitrogen and oxygen atoms in total. The molecule has 2 aliphatic rings. The molecule has 0 amide bonds. The van der Waals surface area contributed by atoms with Crippen LogP contribution in [0.4, 0.5) is 0 Å². The summed E-state index contributed by atoms with van der Waals surface area (Å²) in [5.41, 5.74) is 1.45. The van der Waals surface area contributed by atoms with E-state index in [1.807, 2.05) is 17.6 Å². The van der Waals surface area contributed by atoms with E-state index < -0.39 is 10.0 Å². The van der Waals surface area contributed by atoms with Crippen LogP contribution in [-0.4, -0.2) is 36.1 Å². The highest BCUT2D eigenvalue weighted by molar-refractivity contribution is 7.89. The lowest BCUT2D eigenvalue weighted by Gasteiger charge is -2.42. The van der Waals surface area contributed by atoms with Gasteiger partial charge in [-0.2, -0.15) is 0 Å². The molecule has 0 N–H and O–H groups in total. The maximum absolute atomic E-state index is 12.9. The first-order chi connectivity index (χ1) is 12.0. The summed E-state index contributed by atoms with van der Waals surface area (Å²) in [6, 6.07) is 7.30. The number of furan rings is 1. The van der Waals surface area contributed by atoms with E-state index in [9.17, 15) is 13.2 Å². The van der Waals surface area contributed by atoms with Gasteiger partial charge in [-0.15, -0.1) is 0 Å². The van der Waals surface area contributed by atoms with Crippen LogP contribution >= 0.6 is 0 Å². The zero-order valence-electron chi connectivity index (χ0n) is 14.2. The molecule has 7 heteroatoms. The molecular weight excluding hydrogens is 340 g/mol. The van der Waals surface area contributed by atoms with Crippen molar-refractivity contribution in [3.63, 3.8) is 0 Å². The maximum atomic E-state index is 12.9. The van der Waals surface area contributed by atoms with Gasteiger partial charge in [0.15, 0.2) is 0 Å². The second-order valence-corrected chi connectivity index (χ2v) is 9.09. The van der Waals surface area contributed by atoms with E-state index in [2.05, 4.69) is 0 Å². The number of pyridine rings is 1. The van der Waals surface area contributed by atoms with Crippen LogP contribution in [0.3, 0.4) is 0 Å². The highest BCUT2D eigenvalue weighted by Gasteiger charge is 2.38. The fraction of sp³-hybridized carbons (Fsp3) is 0.500. The molecule has 2 aliphatic heterocycles. The third-order valence-electron chi connectivity index (χ3n) is 5.21. The van der Waals surface area contributed by atoms with Crippen molar-refractivity contribution in [2.75, 3.05) is 18.8 Å². The normalized spacial score (nSPS) is 23.4. The molecule has 2 atom stereocenters. The fourth-order valence-electron chi connectivity index (χ4n) is 4.14. The van der Waals surface area contributed by atoms with Crippen LogP contribution < -0.4 is 5.56 Å². The summed E-state index contributed by atoms with van der Waals surface area (Å²) in [5.74, 6) is 1.03. The highest BCUT2D eigenvalue weighted by atomic mass is 32.2. The summed E-state index contributed by atoms with van der Waals surface area (Å²) in [6.45, 7) is 3.43. The van der Waals surface area contributed by atoms with Gasteiger partial charge in [0.2, 0.25) is 10.0 Å². The van der Waals surface area contributed by atoms with E-state index in [4.69, 9.17) is 4.42 Å². The van der Waals surface area contributed by atoms with Crippen molar-refractivity contribution in [3.05, 3.63) is 46.6 Å². The quantitative estimate of drug-likeness (QED) is 0.836. The van der Waals surface area contributed by atoms with E-state index in [1.54, 1.807) is 28.8 Å². The van der Waals surface area contributed by atoms with Crippen LogP contribution in [0.5, 0.6) is 0 Å². The molecule has 0 spiro atoms. The van der Waals surface area contributed by atoms with E-state index in [0.29, 0.717) is 37.4 Å². The van der Waals surface area contributed by atoms with Crippen LogP contribution in [0.25, 0.3) is 11.3 Å². The van der Waals surface area contributed by atoms with Gasteiger partial charge in [-0.3, -0.25) is 4.79 Å². The number of sulfonamides is 1. The average molecular weight is 362 g/mol. The Kier molecular flexibility index (Phi) is 4.08. The monoisotopic (exact) mass is 362 g/mol. The lowest BCUT2D eigenvalue weighted by molar-refractivity contribution is 0.186. The van der Waals surface area contributed by atoms with Gasteiger partial charge in [-0.05, 0) is 43.0 Å². The molecule has 2 aromatic rings. The molecule has 2 bridgehead atoms. The Morgan fingerprint density at radius 2 is 2.04 bits per heavy atom. The second-order valence-electron chi connectivity index (χ2n) is 7.00. The van der Waals surface area contributed by atoms with Crippen LogP contribution in [0.1, 0.15) is 31.4 Å². The predicted octanol–water partition coefficient (Wildman–Crippen LogP) is 2.27. The minimum Gasteiger partial charge on any atom is -0.464 e. The Labute approximate surface area is 147 Å². The minimum absolute atomic E-state index is 0.0491. The molecular formula is C18H22N2O4S. The zero-order chi connectivity index (χ0) is 17.6. The number of hydrogen-bond acceptors (Lipinski definition) is 4. The molecule has 2 aromatic heterocycles. The van der Waals surface area contributed by atoms with E-state index >= 15 is 0 Å². The summed E-state index contributed by atoms with van der Waals surface area (Å²) < 4.78 is 33.7. The van der Waals surface area contributed by atoms with Crippen LogP contribution in [0.15, 0.2) is 39.7 Å². The van der Waals surface area contributed by atoms with Gasteiger partial charge in [0.1, 0.15) is 5.76 Å². The molecule has 1 saturated heterocycles. The van der Waals surface area contributed by atoms with Crippen LogP contribution in [-0.2, 0) is 16.6 Å². The molecule has 0 unspecified atom stereocenters. The smallest absolute Gasteiger partial charge is 0.261 e. The topological polar surface area (TPSA) is 72.5 Å². The molecule has 0 radical (unpaired) electrons. The number of rotatable bonds is 4. The molecule has 134 valence electrons. The summed E-state index contributed by atoms with van der Waals surface area (Å²) in [7, 11) is -3.20. The molecule has 1 fully saturated rings. The number of aromatic nitrogens is 1. The van der Waals surface area contributed by atoms with Crippen molar-refractivity contribution in [1.82, 2.24) is 8.87 Å². The highest BCUT2D eigenvalue weighted by Crippen LogP contribution is 2.36. The second kappa shape index (κ2) is 6.14. The number of hydrogen-bond donors (Lipinski definition) is 0. The Bertz CT molecular complexity index is 930. The van der Waals surface area contributed by atoms with Gasteiger partial charge in [0.05, 0.1) is 17.6 Å². The Morgan fingerprint density at radius 1 is 1.20 bits per heavy atom. The molecule has 25 heavy (non-hydrogen) atoms. The van der Waals surface area contributed by atoms with Crippen molar-refractivity contribution in [1.29, 1.82) is 0 Å².